The number of fused-ring (bicyclic) bond motifs is 1. The van der Waals surface area contributed by atoms with Gasteiger partial charge >= 0.3 is 6.03 Å². The monoisotopic (exact) mass is 463 g/mol. The quantitative estimate of drug-likeness (QED) is 0.652. The summed E-state index contributed by atoms with van der Waals surface area (Å²) in [7, 11) is 0. The normalized spacial score (nSPS) is 23.0. The minimum Gasteiger partial charge on any atom is -0.454 e. The Morgan fingerprint density at radius 3 is 2.35 bits per heavy atom. The number of likely N-dealkylation sites (tertiary alicyclic amines) is 1. The summed E-state index contributed by atoms with van der Waals surface area (Å²) in [5.74, 6) is 1.37. The van der Waals surface area contributed by atoms with E-state index in [0.29, 0.717) is 17.9 Å². The molecule has 0 bridgehead atoms. The van der Waals surface area contributed by atoms with Crippen LogP contribution in [0, 0.1) is 19.8 Å². The molecular formula is C27H33N3O4. The van der Waals surface area contributed by atoms with Crippen molar-refractivity contribution in [2.24, 2.45) is 5.92 Å². The fraction of sp³-hybridized carbons (Fsp3) is 0.481. The fourth-order valence-electron chi connectivity index (χ4n) is 5.82. The first kappa shape index (κ1) is 22.7. The lowest BCUT2D eigenvalue weighted by Crippen LogP contribution is -2.55. The molecule has 180 valence electrons. The lowest BCUT2D eigenvalue weighted by molar-refractivity contribution is -0.134. The van der Waals surface area contributed by atoms with Crippen LogP contribution in [0.15, 0.2) is 36.4 Å². The van der Waals surface area contributed by atoms with Gasteiger partial charge in [0, 0.05) is 6.54 Å². The van der Waals surface area contributed by atoms with Gasteiger partial charge in [0.1, 0.15) is 5.54 Å². The number of amides is 3. The van der Waals surface area contributed by atoms with Crippen LogP contribution >= 0.6 is 0 Å². The summed E-state index contributed by atoms with van der Waals surface area (Å²) in [5, 5.41) is 3.10. The molecule has 34 heavy (non-hydrogen) atoms. The molecule has 3 heterocycles. The Balaban J connectivity index is 1.25. The van der Waals surface area contributed by atoms with Gasteiger partial charge in [-0.2, -0.15) is 0 Å². The highest BCUT2D eigenvalue weighted by Gasteiger charge is 2.54. The Kier molecular flexibility index (Phi) is 5.98. The molecule has 1 N–H and O–H groups in total. The lowest BCUT2D eigenvalue weighted by Gasteiger charge is -2.40. The molecule has 1 unspecified atom stereocenters. The third kappa shape index (κ3) is 4.13. The molecule has 3 aliphatic rings. The molecule has 3 amide bonds. The Hall–Kier alpha value is -3.06. The number of hydrogen-bond acceptors (Lipinski definition) is 5. The molecule has 0 saturated carbocycles. The Morgan fingerprint density at radius 1 is 0.941 bits per heavy atom. The topological polar surface area (TPSA) is 71.1 Å². The van der Waals surface area contributed by atoms with Crippen LogP contribution in [0.1, 0.15) is 48.4 Å². The second-order valence-corrected chi connectivity index (χ2v) is 9.88. The van der Waals surface area contributed by atoms with Crippen molar-refractivity contribution in [2.75, 3.05) is 19.9 Å². The molecule has 2 fully saturated rings. The van der Waals surface area contributed by atoms with Crippen LogP contribution in [-0.2, 0) is 17.9 Å². The van der Waals surface area contributed by atoms with Crippen LogP contribution in [0.3, 0.4) is 0 Å². The Bertz CT molecular complexity index is 1090. The Labute approximate surface area is 201 Å². The highest BCUT2D eigenvalue weighted by Crippen LogP contribution is 2.38. The number of carbonyl (C=O) groups excluding carboxylic acids is 2. The number of aryl methyl sites for hydroxylation is 2. The molecule has 1 atom stereocenters. The van der Waals surface area contributed by atoms with Crippen LogP contribution < -0.4 is 14.8 Å². The van der Waals surface area contributed by atoms with Gasteiger partial charge in [0.2, 0.25) is 6.79 Å². The van der Waals surface area contributed by atoms with Crippen LogP contribution in [0.5, 0.6) is 11.5 Å². The standard InChI is InChI=1S/C27H33N3O4/c1-4-27(22-7-9-29(10-8-22)15-21-12-18(2)11-19(3)13-21)25(31)30(26(32)28-27)16-20-5-6-23-24(14-20)34-17-33-23/h5-6,11-14,22H,4,7-10,15-17H2,1-3H3,(H,28,32). The molecule has 0 radical (unpaired) electrons. The van der Waals surface area contributed by atoms with E-state index in [1.54, 1.807) is 0 Å². The number of rotatable bonds is 6. The highest BCUT2D eigenvalue weighted by atomic mass is 16.7. The lowest BCUT2D eigenvalue weighted by atomic mass is 9.75. The average molecular weight is 464 g/mol. The molecule has 2 saturated heterocycles. The molecule has 0 aromatic heterocycles. The summed E-state index contributed by atoms with van der Waals surface area (Å²) >= 11 is 0. The molecule has 0 aliphatic carbocycles. The van der Waals surface area contributed by atoms with Crippen molar-refractivity contribution in [1.29, 1.82) is 0 Å². The number of nitrogens with one attached hydrogen (secondary N) is 1. The van der Waals surface area contributed by atoms with Crippen molar-refractivity contribution < 1.29 is 19.1 Å². The van der Waals surface area contributed by atoms with E-state index >= 15 is 0 Å². The van der Waals surface area contributed by atoms with E-state index in [4.69, 9.17) is 9.47 Å². The van der Waals surface area contributed by atoms with Gasteiger partial charge in [-0.25, -0.2) is 4.79 Å². The van der Waals surface area contributed by atoms with E-state index in [0.717, 1.165) is 38.0 Å². The number of urea groups is 1. The molecule has 3 aliphatic heterocycles. The van der Waals surface area contributed by atoms with Crippen molar-refractivity contribution in [3.8, 4) is 11.5 Å². The third-order valence-electron chi connectivity index (χ3n) is 7.51. The number of carbonyl (C=O) groups is 2. The van der Waals surface area contributed by atoms with Gasteiger partial charge in [0.15, 0.2) is 11.5 Å². The van der Waals surface area contributed by atoms with E-state index in [1.807, 2.05) is 25.1 Å². The van der Waals surface area contributed by atoms with Gasteiger partial charge < -0.3 is 14.8 Å². The number of piperidine rings is 1. The first-order chi connectivity index (χ1) is 16.4. The largest absolute Gasteiger partial charge is 0.454 e. The van der Waals surface area contributed by atoms with E-state index in [2.05, 4.69) is 42.3 Å². The number of benzene rings is 2. The van der Waals surface area contributed by atoms with Crippen LogP contribution in [-0.4, -0.2) is 47.2 Å². The molecule has 7 heteroatoms. The average Bonchev–Trinajstić information content (AvgIpc) is 3.37. The van der Waals surface area contributed by atoms with E-state index in [-0.39, 0.29) is 31.2 Å². The predicted molar refractivity (Wildman–Crippen MR) is 129 cm³/mol. The summed E-state index contributed by atoms with van der Waals surface area (Å²) in [4.78, 5) is 30.4. The molecular weight excluding hydrogens is 430 g/mol. The maximum absolute atomic E-state index is 13.6. The summed E-state index contributed by atoms with van der Waals surface area (Å²) in [6.07, 6.45) is 2.38. The predicted octanol–water partition coefficient (Wildman–Crippen LogP) is 4.14. The van der Waals surface area contributed by atoms with Gasteiger partial charge in [-0.1, -0.05) is 42.3 Å². The Morgan fingerprint density at radius 2 is 1.65 bits per heavy atom. The third-order valence-corrected chi connectivity index (χ3v) is 7.51. The van der Waals surface area contributed by atoms with Gasteiger partial charge in [-0.05, 0) is 75.4 Å². The zero-order valence-corrected chi connectivity index (χ0v) is 20.2. The van der Waals surface area contributed by atoms with Crippen LogP contribution in [0.25, 0.3) is 0 Å². The molecule has 7 nitrogen and oxygen atoms in total. The van der Waals surface area contributed by atoms with Crippen molar-refractivity contribution in [1.82, 2.24) is 15.1 Å². The molecule has 0 spiro atoms. The fourth-order valence-corrected chi connectivity index (χ4v) is 5.82. The van der Waals surface area contributed by atoms with Gasteiger partial charge in [0.25, 0.3) is 5.91 Å². The second kappa shape index (κ2) is 8.95. The van der Waals surface area contributed by atoms with E-state index in [1.165, 1.54) is 21.6 Å². The number of nitrogens with zero attached hydrogens (tertiary/aromatic N) is 2. The maximum Gasteiger partial charge on any atom is 0.325 e. The summed E-state index contributed by atoms with van der Waals surface area (Å²) in [6, 6.07) is 12.0. The highest BCUT2D eigenvalue weighted by molar-refractivity contribution is 6.07. The van der Waals surface area contributed by atoms with Gasteiger partial charge in [-0.3, -0.25) is 14.6 Å². The minimum atomic E-state index is -0.820. The molecule has 5 rings (SSSR count). The van der Waals surface area contributed by atoms with Crippen LogP contribution in [0.4, 0.5) is 4.79 Å². The van der Waals surface area contributed by atoms with Crippen molar-refractivity contribution in [3.05, 3.63) is 58.7 Å². The first-order valence-corrected chi connectivity index (χ1v) is 12.2. The number of ether oxygens (including phenoxy) is 2. The van der Waals surface area contributed by atoms with E-state index < -0.39 is 5.54 Å². The minimum absolute atomic E-state index is 0.106. The van der Waals surface area contributed by atoms with Gasteiger partial charge in [0.05, 0.1) is 6.54 Å². The van der Waals surface area contributed by atoms with Crippen molar-refractivity contribution in [3.63, 3.8) is 0 Å². The zero-order chi connectivity index (χ0) is 23.9. The van der Waals surface area contributed by atoms with Crippen molar-refractivity contribution in [2.45, 2.75) is 58.7 Å². The van der Waals surface area contributed by atoms with Gasteiger partial charge in [-0.15, -0.1) is 0 Å². The number of imide groups is 1. The van der Waals surface area contributed by atoms with Crippen LogP contribution in [0.2, 0.25) is 0 Å². The number of hydrogen-bond donors (Lipinski definition) is 1. The smallest absolute Gasteiger partial charge is 0.325 e. The molecule has 2 aromatic carbocycles. The maximum atomic E-state index is 13.6. The first-order valence-electron chi connectivity index (χ1n) is 12.2. The zero-order valence-electron chi connectivity index (χ0n) is 20.2. The summed E-state index contributed by atoms with van der Waals surface area (Å²) < 4.78 is 10.8. The summed E-state index contributed by atoms with van der Waals surface area (Å²) in [5.41, 5.74) is 3.94. The summed E-state index contributed by atoms with van der Waals surface area (Å²) in [6.45, 7) is 9.47. The molecule has 2 aromatic rings. The second-order valence-electron chi connectivity index (χ2n) is 9.88. The van der Waals surface area contributed by atoms with E-state index in [9.17, 15) is 9.59 Å². The SMILES string of the molecule is CCC1(C2CCN(Cc3cc(C)cc(C)c3)CC2)NC(=O)N(Cc2ccc3c(c2)OCO3)C1=O. The van der Waals surface area contributed by atoms with Crippen molar-refractivity contribution >= 4 is 11.9 Å².